The molecule has 2 aromatic carbocycles. The minimum Gasteiger partial charge on any atom is -0.493 e. The molecule has 9 nitrogen and oxygen atoms in total. The molecule has 0 saturated heterocycles. The summed E-state index contributed by atoms with van der Waals surface area (Å²) in [5, 5.41) is 13.5. The summed E-state index contributed by atoms with van der Waals surface area (Å²) in [7, 11) is 1.31. The first kappa shape index (κ1) is 21.9. The van der Waals surface area contributed by atoms with Crippen LogP contribution in [0.3, 0.4) is 0 Å². The van der Waals surface area contributed by atoms with Crippen LogP contribution in [0.5, 0.6) is 11.5 Å². The highest BCUT2D eigenvalue weighted by molar-refractivity contribution is 6.31. The Balaban J connectivity index is 2.13. The molecule has 0 fully saturated rings. The number of halogens is 2. The molecule has 0 heterocycles. The Labute approximate surface area is 169 Å². The van der Waals surface area contributed by atoms with Crippen LogP contribution >= 0.6 is 11.6 Å². The number of esters is 1. The molecule has 1 N–H and O–H groups in total. The molecule has 0 aliphatic rings. The van der Waals surface area contributed by atoms with E-state index in [2.05, 4.69) is 5.32 Å². The number of ether oxygens (including phenoxy) is 3. The number of benzene rings is 2. The standard InChI is InChI=1S/C18H16ClFN2O7/c1-3-28-16-8-14(22(25)26)11(7-15(16)27-2)18(24)29-9-17(23)21-10-4-5-13(20)12(19)6-10/h4-8H,3,9H2,1-2H3,(H,21,23). The Kier molecular flexibility index (Phi) is 7.32. The number of carbonyl (C=O) groups is 2. The largest absolute Gasteiger partial charge is 0.493 e. The number of anilines is 1. The van der Waals surface area contributed by atoms with Crippen molar-refractivity contribution in [2.75, 3.05) is 25.6 Å². The lowest BCUT2D eigenvalue weighted by Crippen LogP contribution is -2.21. The molecule has 0 radical (unpaired) electrons. The maximum Gasteiger partial charge on any atom is 0.345 e. The zero-order valence-corrected chi connectivity index (χ0v) is 16.1. The molecule has 2 rings (SSSR count). The molecule has 0 aliphatic carbocycles. The van der Waals surface area contributed by atoms with Gasteiger partial charge < -0.3 is 19.5 Å². The van der Waals surface area contributed by atoms with Crippen LogP contribution in [0.1, 0.15) is 17.3 Å². The number of carbonyl (C=O) groups excluding carboxylic acids is 2. The lowest BCUT2D eigenvalue weighted by molar-refractivity contribution is -0.385. The quantitative estimate of drug-likeness (QED) is 0.389. The van der Waals surface area contributed by atoms with Crippen molar-refractivity contribution in [3.05, 3.63) is 56.8 Å². The smallest absolute Gasteiger partial charge is 0.345 e. The Morgan fingerprint density at radius 3 is 2.55 bits per heavy atom. The summed E-state index contributed by atoms with van der Waals surface area (Å²) in [5.41, 5.74) is -0.788. The molecule has 0 atom stereocenters. The van der Waals surface area contributed by atoms with E-state index in [4.69, 9.17) is 25.8 Å². The van der Waals surface area contributed by atoms with Gasteiger partial charge in [0.05, 0.1) is 29.7 Å². The Bertz CT molecular complexity index is 952. The van der Waals surface area contributed by atoms with Crippen LogP contribution < -0.4 is 14.8 Å². The fourth-order valence-corrected chi connectivity index (χ4v) is 2.45. The van der Waals surface area contributed by atoms with Crippen molar-refractivity contribution in [1.29, 1.82) is 0 Å². The summed E-state index contributed by atoms with van der Waals surface area (Å²) in [6.45, 7) is 1.17. The average molecular weight is 427 g/mol. The summed E-state index contributed by atoms with van der Waals surface area (Å²) in [6, 6.07) is 5.64. The van der Waals surface area contributed by atoms with E-state index >= 15 is 0 Å². The van der Waals surface area contributed by atoms with Gasteiger partial charge in [0, 0.05) is 11.8 Å². The zero-order chi connectivity index (χ0) is 21.6. The van der Waals surface area contributed by atoms with E-state index in [1.54, 1.807) is 6.92 Å². The number of hydrogen-bond donors (Lipinski definition) is 1. The topological polar surface area (TPSA) is 117 Å². The van der Waals surface area contributed by atoms with Crippen molar-refractivity contribution in [2.24, 2.45) is 0 Å². The van der Waals surface area contributed by atoms with Gasteiger partial charge in [-0.1, -0.05) is 11.6 Å². The number of rotatable bonds is 8. The Morgan fingerprint density at radius 1 is 1.24 bits per heavy atom. The van der Waals surface area contributed by atoms with Crippen molar-refractivity contribution < 1.29 is 33.1 Å². The fraction of sp³-hybridized carbons (Fsp3) is 0.222. The van der Waals surface area contributed by atoms with E-state index in [0.29, 0.717) is 0 Å². The van der Waals surface area contributed by atoms with Gasteiger partial charge in [0.25, 0.3) is 11.6 Å². The van der Waals surface area contributed by atoms with Crippen LogP contribution in [0.2, 0.25) is 5.02 Å². The van der Waals surface area contributed by atoms with Crippen LogP contribution in [-0.4, -0.2) is 37.1 Å². The molecule has 0 aliphatic heterocycles. The monoisotopic (exact) mass is 426 g/mol. The van der Waals surface area contributed by atoms with Gasteiger partial charge in [0.1, 0.15) is 11.4 Å². The third-order valence-corrected chi connectivity index (χ3v) is 3.83. The number of nitrogens with one attached hydrogen (secondary N) is 1. The van der Waals surface area contributed by atoms with Crippen LogP contribution in [0, 0.1) is 15.9 Å². The van der Waals surface area contributed by atoms with E-state index in [-0.39, 0.29) is 28.8 Å². The minimum absolute atomic E-state index is 0.0872. The molecular formula is C18H16ClFN2O7. The second-order valence-corrected chi connectivity index (χ2v) is 5.87. The number of nitro benzene ring substituents is 1. The predicted octanol–water partition coefficient (Wildman–Crippen LogP) is 3.59. The summed E-state index contributed by atoms with van der Waals surface area (Å²) >= 11 is 5.62. The number of methoxy groups -OCH3 is 1. The second kappa shape index (κ2) is 9.69. The van der Waals surface area contributed by atoms with Crippen LogP contribution in [0.4, 0.5) is 15.8 Å². The van der Waals surface area contributed by atoms with Gasteiger partial charge in [0.15, 0.2) is 18.1 Å². The summed E-state index contributed by atoms with van der Waals surface area (Å²) in [5.74, 6) is -2.33. The zero-order valence-electron chi connectivity index (χ0n) is 15.4. The van der Waals surface area contributed by atoms with Crippen molar-refractivity contribution >= 4 is 34.9 Å². The molecule has 29 heavy (non-hydrogen) atoms. The van der Waals surface area contributed by atoms with Gasteiger partial charge in [-0.25, -0.2) is 9.18 Å². The van der Waals surface area contributed by atoms with Gasteiger partial charge in [-0.05, 0) is 25.1 Å². The molecule has 0 spiro atoms. The van der Waals surface area contributed by atoms with Crippen LogP contribution in [0.25, 0.3) is 0 Å². The predicted molar refractivity (Wildman–Crippen MR) is 101 cm³/mol. The fourth-order valence-electron chi connectivity index (χ4n) is 2.27. The summed E-state index contributed by atoms with van der Waals surface area (Å²) in [6.07, 6.45) is 0. The Hall–Kier alpha value is -3.40. The third kappa shape index (κ3) is 5.55. The summed E-state index contributed by atoms with van der Waals surface area (Å²) < 4.78 is 28.3. The molecule has 0 bridgehead atoms. The maximum atomic E-state index is 13.1. The molecule has 11 heteroatoms. The summed E-state index contributed by atoms with van der Waals surface area (Å²) in [4.78, 5) is 34.7. The van der Waals surface area contributed by atoms with Crippen LogP contribution in [0.15, 0.2) is 30.3 Å². The lowest BCUT2D eigenvalue weighted by atomic mass is 10.1. The highest BCUT2D eigenvalue weighted by Crippen LogP contribution is 2.35. The third-order valence-electron chi connectivity index (χ3n) is 3.54. The molecule has 2 aromatic rings. The van der Waals surface area contributed by atoms with E-state index < -0.39 is 40.5 Å². The lowest BCUT2D eigenvalue weighted by Gasteiger charge is -2.12. The molecule has 154 valence electrons. The highest BCUT2D eigenvalue weighted by atomic mass is 35.5. The molecule has 0 aromatic heterocycles. The number of hydrogen-bond acceptors (Lipinski definition) is 7. The first-order valence-corrected chi connectivity index (χ1v) is 8.55. The highest BCUT2D eigenvalue weighted by Gasteiger charge is 2.26. The molecule has 0 saturated carbocycles. The number of nitrogens with zero attached hydrogens (tertiary/aromatic N) is 1. The van der Waals surface area contributed by atoms with Gasteiger partial charge >= 0.3 is 5.97 Å². The van der Waals surface area contributed by atoms with Crippen molar-refractivity contribution in [1.82, 2.24) is 0 Å². The van der Waals surface area contributed by atoms with E-state index in [0.717, 1.165) is 18.2 Å². The number of nitro groups is 1. The minimum atomic E-state index is -1.11. The Morgan fingerprint density at radius 2 is 1.97 bits per heavy atom. The van der Waals surface area contributed by atoms with E-state index in [1.165, 1.54) is 19.2 Å². The van der Waals surface area contributed by atoms with Gasteiger partial charge in [-0.15, -0.1) is 0 Å². The van der Waals surface area contributed by atoms with Crippen molar-refractivity contribution in [3.8, 4) is 11.5 Å². The first-order chi connectivity index (χ1) is 13.8. The van der Waals surface area contributed by atoms with Gasteiger partial charge in [-0.3, -0.25) is 14.9 Å². The van der Waals surface area contributed by atoms with E-state index in [9.17, 15) is 24.1 Å². The SMILES string of the molecule is CCOc1cc([N+](=O)[O-])c(C(=O)OCC(=O)Nc2ccc(F)c(Cl)c2)cc1OC. The van der Waals surface area contributed by atoms with Crippen molar-refractivity contribution in [3.63, 3.8) is 0 Å². The molecular weight excluding hydrogens is 411 g/mol. The van der Waals surface area contributed by atoms with Crippen LogP contribution in [-0.2, 0) is 9.53 Å². The second-order valence-electron chi connectivity index (χ2n) is 5.46. The maximum absolute atomic E-state index is 13.1. The first-order valence-electron chi connectivity index (χ1n) is 8.18. The van der Waals surface area contributed by atoms with Gasteiger partial charge in [-0.2, -0.15) is 0 Å². The average Bonchev–Trinajstić information content (AvgIpc) is 2.68. The van der Waals surface area contributed by atoms with Crippen molar-refractivity contribution in [2.45, 2.75) is 6.92 Å². The molecule has 0 unspecified atom stereocenters. The molecule has 1 amide bonds. The number of amides is 1. The normalized spacial score (nSPS) is 10.2. The van der Waals surface area contributed by atoms with Gasteiger partial charge in [0.2, 0.25) is 0 Å². The van der Waals surface area contributed by atoms with E-state index in [1.807, 2.05) is 0 Å².